The fourth-order valence-corrected chi connectivity index (χ4v) is 7.52. The monoisotopic (exact) mass is 603 g/mol. The molecule has 1 aromatic heterocycles. The largest absolute Gasteiger partial charge is 0.456 e. The third-order valence-corrected chi connectivity index (χ3v) is 9.72. The maximum atomic E-state index is 8.09. The molecule has 0 fully saturated rings. The zero-order valence-electron chi connectivity index (χ0n) is 27.8. The highest BCUT2D eigenvalue weighted by molar-refractivity contribution is 6.23. The lowest BCUT2D eigenvalue weighted by Crippen LogP contribution is -2.10. The SMILES string of the molecule is [2H]c1ccc2cc(-c3c4ccccc4c(-c4ccccc4-c4ccc5oc6c(C(C)(C)C)cccc6c5c4)c4ccccc34)ccc2c1. The number of hydrogen-bond donors (Lipinski definition) is 0. The fourth-order valence-electron chi connectivity index (χ4n) is 7.52. The zero-order valence-corrected chi connectivity index (χ0v) is 26.8. The second kappa shape index (κ2) is 10.4. The first-order valence-corrected chi connectivity index (χ1v) is 16.3. The van der Waals surface area contributed by atoms with Gasteiger partial charge in [0, 0.05) is 16.3 Å². The van der Waals surface area contributed by atoms with Gasteiger partial charge in [0.05, 0.1) is 1.37 Å². The third-order valence-electron chi connectivity index (χ3n) is 9.72. The van der Waals surface area contributed by atoms with E-state index in [0.29, 0.717) is 6.04 Å². The number of fused-ring (bicyclic) bond motifs is 6. The summed E-state index contributed by atoms with van der Waals surface area (Å²) in [4.78, 5) is 0. The van der Waals surface area contributed by atoms with Gasteiger partial charge in [-0.15, -0.1) is 0 Å². The zero-order chi connectivity index (χ0) is 32.6. The van der Waals surface area contributed by atoms with Gasteiger partial charge in [0.1, 0.15) is 11.2 Å². The molecule has 0 saturated carbocycles. The van der Waals surface area contributed by atoms with Gasteiger partial charge in [-0.2, -0.15) is 0 Å². The van der Waals surface area contributed by atoms with Crippen LogP contribution in [0.3, 0.4) is 0 Å². The minimum absolute atomic E-state index is 0.0184. The maximum Gasteiger partial charge on any atom is 0.139 e. The first-order chi connectivity index (χ1) is 23.3. The number of para-hydroxylation sites is 1. The molecule has 0 bridgehead atoms. The average Bonchev–Trinajstić information content (AvgIpc) is 3.48. The Labute approximate surface area is 276 Å². The van der Waals surface area contributed by atoms with Crippen LogP contribution >= 0.6 is 0 Å². The van der Waals surface area contributed by atoms with Gasteiger partial charge in [-0.25, -0.2) is 0 Å². The first-order valence-electron chi connectivity index (χ1n) is 16.8. The lowest BCUT2D eigenvalue weighted by Gasteiger charge is -2.20. The van der Waals surface area contributed by atoms with Crippen molar-refractivity contribution < 1.29 is 5.79 Å². The van der Waals surface area contributed by atoms with Crippen LogP contribution in [0.2, 0.25) is 0 Å². The molecule has 1 heterocycles. The summed E-state index contributed by atoms with van der Waals surface area (Å²) in [5.74, 6) is 0. The molecule has 47 heavy (non-hydrogen) atoms. The fraction of sp³-hybridized carbons (Fsp3) is 0.0870. The van der Waals surface area contributed by atoms with Crippen LogP contribution in [-0.2, 0) is 5.41 Å². The Morgan fingerprint density at radius 1 is 0.468 bits per heavy atom. The van der Waals surface area contributed by atoms with E-state index < -0.39 is 0 Å². The van der Waals surface area contributed by atoms with Crippen LogP contribution in [0, 0.1) is 0 Å². The normalized spacial score (nSPS) is 12.4. The summed E-state index contributed by atoms with van der Waals surface area (Å²) in [6.07, 6.45) is 0. The van der Waals surface area contributed by atoms with Crippen molar-refractivity contribution in [1.29, 1.82) is 0 Å². The summed E-state index contributed by atoms with van der Waals surface area (Å²) >= 11 is 0. The first kappa shape index (κ1) is 26.5. The predicted molar refractivity (Wildman–Crippen MR) is 201 cm³/mol. The highest BCUT2D eigenvalue weighted by Gasteiger charge is 2.22. The number of furan rings is 1. The summed E-state index contributed by atoms with van der Waals surface area (Å²) in [5, 5.41) is 9.43. The van der Waals surface area contributed by atoms with Crippen LogP contribution in [0.4, 0.5) is 0 Å². The number of benzene rings is 8. The molecule has 9 aromatic rings. The van der Waals surface area contributed by atoms with Crippen LogP contribution in [-0.4, -0.2) is 0 Å². The highest BCUT2D eigenvalue weighted by atomic mass is 16.3. The standard InChI is InChI=1S/C46H34O/c1-46(2,3)41-22-12-21-39-40-28-31(25-26-42(40)47-45(39)41)33-15-6-7-16-34(33)44-37-19-10-8-17-35(37)43(36-18-9-11-20-38(36)44)32-24-23-29-13-4-5-14-30(29)27-32/h4-28H,1-3H3/i4D. The summed E-state index contributed by atoms with van der Waals surface area (Å²) in [6.45, 7) is 6.72. The van der Waals surface area contributed by atoms with Crippen LogP contribution in [0.5, 0.6) is 0 Å². The Morgan fingerprint density at radius 2 is 1.11 bits per heavy atom. The lowest BCUT2D eigenvalue weighted by atomic mass is 9.83. The Bertz CT molecular complexity index is 2670. The Morgan fingerprint density at radius 3 is 1.83 bits per heavy atom. The molecule has 0 radical (unpaired) electrons. The molecule has 0 atom stereocenters. The van der Waals surface area contributed by atoms with Crippen molar-refractivity contribution >= 4 is 54.3 Å². The van der Waals surface area contributed by atoms with Gasteiger partial charge in [0.2, 0.25) is 0 Å². The molecule has 0 amide bonds. The van der Waals surface area contributed by atoms with E-state index in [9.17, 15) is 0 Å². The minimum Gasteiger partial charge on any atom is -0.456 e. The van der Waals surface area contributed by atoms with Gasteiger partial charge in [-0.1, -0.05) is 154 Å². The van der Waals surface area contributed by atoms with Gasteiger partial charge in [-0.05, 0) is 89.3 Å². The molecule has 0 spiro atoms. The number of hydrogen-bond acceptors (Lipinski definition) is 1. The Balaban J connectivity index is 1.30. The van der Waals surface area contributed by atoms with E-state index in [1.807, 2.05) is 12.1 Å². The summed E-state index contributed by atoms with van der Waals surface area (Å²) < 4.78 is 14.6. The van der Waals surface area contributed by atoms with Crippen LogP contribution in [0.15, 0.2) is 156 Å². The van der Waals surface area contributed by atoms with Crippen LogP contribution in [0.25, 0.3) is 87.6 Å². The molecular formula is C46H34O. The van der Waals surface area contributed by atoms with E-state index in [4.69, 9.17) is 5.79 Å². The molecule has 0 unspecified atom stereocenters. The van der Waals surface area contributed by atoms with Crippen molar-refractivity contribution in [3.8, 4) is 33.4 Å². The summed E-state index contributed by atoms with van der Waals surface area (Å²) in [6, 6.07) is 52.7. The van der Waals surface area contributed by atoms with Crippen molar-refractivity contribution in [2.75, 3.05) is 0 Å². The molecule has 0 N–H and O–H groups in total. The van der Waals surface area contributed by atoms with E-state index in [2.05, 4.69) is 154 Å². The molecule has 0 saturated heterocycles. The molecule has 9 rings (SSSR count). The van der Waals surface area contributed by atoms with Crippen molar-refractivity contribution in [3.05, 3.63) is 157 Å². The molecule has 8 aromatic carbocycles. The van der Waals surface area contributed by atoms with Crippen molar-refractivity contribution in [3.63, 3.8) is 0 Å². The predicted octanol–water partition coefficient (Wildman–Crippen LogP) is 13.3. The quantitative estimate of drug-likeness (QED) is 0.183. The van der Waals surface area contributed by atoms with Gasteiger partial charge in [0.15, 0.2) is 0 Å². The second-order valence-corrected chi connectivity index (χ2v) is 13.6. The van der Waals surface area contributed by atoms with E-state index in [1.54, 1.807) is 0 Å². The van der Waals surface area contributed by atoms with Gasteiger partial charge in [0.25, 0.3) is 0 Å². The number of rotatable bonds is 3. The van der Waals surface area contributed by atoms with Crippen LogP contribution in [0.1, 0.15) is 27.7 Å². The molecular weight excluding hydrogens is 569 g/mol. The third kappa shape index (κ3) is 4.38. The second-order valence-electron chi connectivity index (χ2n) is 13.6. The average molecular weight is 604 g/mol. The molecule has 1 nitrogen and oxygen atoms in total. The Hall–Kier alpha value is -5.66. The van der Waals surface area contributed by atoms with Gasteiger partial charge < -0.3 is 4.42 Å². The molecule has 1 heteroatoms. The molecule has 224 valence electrons. The van der Waals surface area contributed by atoms with E-state index >= 15 is 0 Å². The van der Waals surface area contributed by atoms with Gasteiger partial charge in [-0.3, -0.25) is 0 Å². The molecule has 0 aliphatic carbocycles. The summed E-state index contributed by atoms with van der Waals surface area (Å²) in [5.41, 5.74) is 10.3. The minimum atomic E-state index is -0.0184. The Kier molecular flexibility index (Phi) is 5.90. The van der Waals surface area contributed by atoms with Crippen molar-refractivity contribution in [2.45, 2.75) is 26.2 Å². The maximum absolute atomic E-state index is 8.09. The molecule has 0 aliphatic heterocycles. The van der Waals surface area contributed by atoms with Crippen LogP contribution < -0.4 is 0 Å². The van der Waals surface area contributed by atoms with Crippen molar-refractivity contribution in [2.24, 2.45) is 0 Å². The van der Waals surface area contributed by atoms with Gasteiger partial charge >= 0.3 is 0 Å². The van der Waals surface area contributed by atoms with E-state index in [1.165, 1.54) is 60.5 Å². The lowest BCUT2D eigenvalue weighted by molar-refractivity contribution is 0.573. The van der Waals surface area contributed by atoms with Crippen molar-refractivity contribution in [1.82, 2.24) is 0 Å². The molecule has 0 aliphatic rings. The summed E-state index contributed by atoms with van der Waals surface area (Å²) in [7, 11) is 0. The van der Waals surface area contributed by atoms with E-state index in [-0.39, 0.29) is 5.41 Å². The smallest absolute Gasteiger partial charge is 0.139 e. The highest BCUT2D eigenvalue weighted by Crippen LogP contribution is 2.47. The van der Waals surface area contributed by atoms with E-state index in [0.717, 1.165) is 32.7 Å². The topological polar surface area (TPSA) is 13.1 Å².